The van der Waals surface area contributed by atoms with E-state index in [2.05, 4.69) is 13.8 Å². The van der Waals surface area contributed by atoms with E-state index in [1.807, 2.05) is 75.5 Å². The largest absolute Gasteiger partial charge is 0.481 e. The van der Waals surface area contributed by atoms with Gasteiger partial charge in [0.2, 0.25) is 0 Å². The minimum Gasteiger partial charge on any atom is -0.481 e. The van der Waals surface area contributed by atoms with Gasteiger partial charge in [0, 0.05) is 34.3 Å². The van der Waals surface area contributed by atoms with Crippen LogP contribution >= 0.6 is 0 Å². The van der Waals surface area contributed by atoms with Crippen molar-refractivity contribution >= 4 is 34.0 Å². The van der Waals surface area contributed by atoms with Gasteiger partial charge in [0.15, 0.2) is 0 Å². The number of hydrogen-bond donors (Lipinski definition) is 3. The van der Waals surface area contributed by atoms with E-state index in [0.29, 0.717) is 18.7 Å². The van der Waals surface area contributed by atoms with Crippen molar-refractivity contribution in [1.29, 1.82) is 0 Å². The van der Waals surface area contributed by atoms with Gasteiger partial charge in [-0.3, -0.25) is 19.5 Å². The minimum absolute atomic E-state index is 0.130. The molecule has 8 nitrogen and oxygen atoms in total. The van der Waals surface area contributed by atoms with Crippen LogP contribution in [0, 0.1) is 23.7 Å². The highest BCUT2D eigenvalue weighted by Gasteiger charge is 2.38. The summed E-state index contributed by atoms with van der Waals surface area (Å²) in [6.45, 7) is 10.6. The maximum atomic E-state index is 11.6. The second-order valence-corrected chi connectivity index (χ2v) is 12.4. The SMILES string of the molecule is CC(=NC1=C(C)N=C(C2CC(C)C(C(=O)O)C2)CC1)/C(=C(\N)c1cccc2nn(CC(O)c3ccccc3)cc12)C(C)C. The van der Waals surface area contributed by atoms with E-state index in [1.165, 1.54) is 0 Å². The molecule has 4 N–H and O–H groups in total. The van der Waals surface area contributed by atoms with Crippen LogP contribution < -0.4 is 5.73 Å². The van der Waals surface area contributed by atoms with Crippen LogP contribution in [-0.4, -0.2) is 37.4 Å². The van der Waals surface area contributed by atoms with E-state index in [9.17, 15) is 15.0 Å². The van der Waals surface area contributed by atoms with Gasteiger partial charge in [-0.05, 0) is 74.5 Å². The lowest BCUT2D eigenvalue weighted by molar-refractivity contribution is -0.142. The number of aliphatic imine (C=N–C) groups is 2. The Morgan fingerprint density at radius 1 is 1.12 bits per heavy atom. The number of carboxylic acids is 1. The quantitative estimate of drug-likeness (QED) is 0.240. The lowest BCUT2D eigenvalue weighted by Crippen LogP contribution is -2.18. The van der Waals surface area contributed by atoms with Gasteiger partial charge in [0.1, 0.15) is 0 Å². The van der Waals surface area contributed by atoms with Crippen LogP contribution in [0.1, 0.15) is 77.5 Å². The number of rotatable bonds is 9. The number of nitrogens with two attached hydrogens (primary N) is 1. The van der Waals surface area contributed by atoms with Crippen LogP contribution in [0.3, 0.4) is 0 Å². The van der Waals surface area contributed by atoms with Crippen LogP contribution in [0.25, 0.3) is 16.6 Å². The number of carbonyl (C=O) groups is 1. The highest BCUT2D eigenvalue weighted by molar-refractivity contribution is 6.07. The topological polar surface area (TPSA) is 126 Å². The summed E-state index contributed by atoms with van der Waals surface area (Å²) in [5, 5.41) is 26.0. The molecule has 1 aliphatic carbocycles. The Labute approximate surface area is 253 Å². The van der Waals surface area contributed by atoms with Gasteiger partial charge in [0.25, 0.3) is 0 Å². The van der Waals surface area contributed by atoms with Crippen molar-refractivity contribution < 1.29 is 15.0 Å². The molecule has 1 aliphatic heterocycles. The van der Waals surface area contributed by atoms with Crippen molar-refractivity contribution in [2.75, 3.05) is 0 Å². The summed E-state index contributed by atoms with van der Waals surface area (Å²) in [6, 6.07) is 15.5. The van der Waals surface area contributed by atoms with Crippen molar-refractivity contribution in [3.8, 4) is 0 Å². The molecule has 4 unspecified atom stereocenters. The Balaban J connectivity index is 1.43. The predicted molar refractivity (Wildman–Crippen MR) is 173 cm³/mol. The highest BCUT2D eigenvalue weighted by Crippen LogP contribution is 2.40. The molecule has 1 saturated carbocycles. The molecule has 226 valence electrons. The second-order valence-electron chi connectivity index (χ2n) is 12.4. The van der Waals surface area contributed by atoms with Crippen molar-refractivity contribution in [2.45, 2.75) is 73.0 Å². The summed E-state index contributed by atoms with van der Waals surface area (Å²) >= 11 is 0. The van der Waals surface area contributed by atoms with E-state index in [-0.39, 0.29) is 23.7 Å². The smallest absolute Gasteiger partial charge is 0.306 e. The number of fused-ring (bicyclic) bond motifs is 1. The fraction of sp³-hybridized carbons (Fsp3) is 0.429. The summed E-state index contributed by atoms with van der Waals surface area (Å²) < 4.78 is 1.78. The average Bonchev–Trinajstić information content (AvgIpc) is 3.57. The molecule has 0 amide bonds. The summed E-state index contributed by atoms with van der Waals surface area (Å²) in [5.41, 5.74) is 15.0. The summed E-state index contributed by atoms with van der Waals surface area (Å²) in [7, 11) is 0. The van der Waals surface area contributed by atoms with Gasteiger partial charge in [0.05, 0.1) is 35.5 Å². The molecule has 2 aromatic carbocycles. The lowest BCUT2D eigenvalue weighted by atomic mass is 9.92. The molecule has 0 radical (unpaired) electrons. The number of aliphatic carboxylic acids is 1. The second kappa shape index (κ2) is 12.7. The molecule has 43 heavy (non-hydrogen) atoms. The molecule has 0 bridgehead atoms. The first kappa shape index (κ1) is 30.4. The summed E-state index contributed by atoms with van der Waals surface area (Å²) in [4.78, 5) is 21.6. The molecule has 1 fully saturated rings. The number of hydrogen-bond acceptors (Lipinski definition) is 6. The van der Waals surface area contributed by atoms with Crippen molar-refractivity contribution in [2.24, 2.45) is 39.4 Å². The normalized spacial score (nSPS) is 22.6. The van der Waals surface area contributed by atoms with Crippen molar-refractivity contribution in [3.63, 3.8) is 0 Å². The Morgan fingerprint density at radius 2 is 1.86 bits per heavy atom. The maximum Gasteiger partial charge on any atom is 0.306 e. The molecule has 8 heteroatoms. The van der Waals surface area contributed by atoms with Crippen molar-refractivity contribution in [1.82, 2.24) is 9.78 Å². The Kier molecular flexibility index (Phi) is 8.97. The average molecular weight is 582 g/mol. The molecule has 1 aromatic heterocycles. The number of carboxylic acid groups (broad SMARTS) is 1. The fourth-order valence-corrected chi connectivity index (χ4v) is 6.77. The van der Waals surface area contributed by atoms with Gasteiger partial charge >= 0.3 is 5.97 Å². The lowest BCUT2D eigenvalue weighted by Gasteiger charge is -2.21. The van der Waals surface area contributed by atoms with Gasteiger partial charge in [-0.1, -0.05) is 63.2 Å². The number of aliphatic hydroxyl groups is 1. The Bertz CT molecular complexity index is 1630. The maximum absolute atomic E-state index is 11.6. The van der Waals surface area contributed by atoms with Gasteiger partial charge in [-0.2, -0.15) is 5.10 Å². The molecule has 4 atom stereocenters. The van der Waals surface area contributed by atoms with E-state index in [0.717, 1.165) is 69.7 Å². The molecular weight excluding hydrogens is 538 g/mol. The predicted octanol–water partition coefficient (Wildman–Crippen LogP) is 6.77. The van der Waals surface area contributed by atoms with Gasteiger partial charge < -0.3 is 15.9 Å². The van der Waals surface area contributed by atoms with E-state index < -0.39 is 12.1 Å². The van der Waals surface area contributed by atoms with Gasteiger partial charge in [-0.25, -0.2) is 0 Å². The van der Waals surface area contributed by atoms with Gasteiger partial charge in [-0.15, -0.1) is 0 Å². The van der Waals surface area contributed by atoms with Crippen LogP contribution in [0.4, 0.5) is 0 Å². The zero-order chi connectivity index (χ0) is 30.8. The third-order valence-corrected chi connectivity index (χ3v) is 9.01. The molecular formula is C35H43N5O3. The van der Waals surface area contributed by atoms with E-state index in [1.54, 1.807) is 4.68 Å². The van der Waals surface area contributed by atoms with E-state index >= 15 is 0 Å². The summed E-state index contributed by atoms with van der Waals surface area (Å²) in [6.07, 6.45) is 4.42. The number of benzene rings is 2. The fourth-order valence-electron chi connectivity index (χ4n) is 6.77. The molecule has 0 spiro atoms. The third-order valence-electron chi connectivity index (χ3n) is 9.01. The Morgan fingerprint density at radius 3 is 2.51 bits per heavy atom. The third kappa shape index (κ3) is 6.49. The molecule has 0 saturated heterocycles. The Hall–Kier alpha value is -4.04. The van der Waals surface area contributed by atoms with Crippen LogP contribution in [-0.2, 0) is 11.3 Å². The summed E-state index contributed by atoms with van der Waals surface area (Å²) in [5.74, 6) is -0.452. The molecule has 5 rings (SSSR count). The zero-order valence-corrected chi connectivity index (χ0v) is 25.8. The number of allylic oxidation sites excluding steroid dienone is 3. The molecule has 2 heterocycles. The molecule has 3 aromatic rings. The minimum atomic E-state index is -0.696. The first-order valence-electron chi connectivity index (χ1n) is 15.3. The number of aliphatic hydroxyl groups excluding tert-OH is 1. The molecule has 2 aliphatic rings. The van der Waals surface area contributed by atoms with Crippen LogP contribution in [0.5, 0.6) is 0 Å². The first-order chi connectivity index (χ1) is 20.5. The first-order valence-corrected chi connectivity index (χ1v) is 15.3. The number of aromatic nitrogens is 2. The highest BCUT2D eigenvalue weighted by atomic mass is 16.4. The van der Waals surface area contributed by atoms with Crippen molar-refractivity contribution in [3.05, 3.63) is 82.8 Å². The van der Waals surface area contributed by atoms with E-state index in [4.69, 9.17) is 20.8 Å². The number of nitrogens with zero attached hydrogens (tertiary/aromatic N) is 4. The van der Waals surface area contributed by atoms with Crippen LogP contribution in [0.2, 0.25) is 0 Å². The standard InChI is InChI=1S/C35H43N5O3/c1-20(2)33(23(5)38-29-14-15-30(37-22(29)4)25-16-21(3)27(17-25)35(42)43)34(36)26-12-9-13-31-28(26)18-40(39-31)19-32(41)24-10-7-6-8-11-24/h6-13,18,20-21,25,27,32,41H,14-17,19,36H2,1-5H3,(H,42,43)/b34-33-,38-23?. The van der Waals surface area contributed by atoms with Crippen LogP contribution in [0.15, 0.2) is 81.7 Å². The monoisotopic (exact) mass is 581 g/mol. The zero-order valence-electron chi connectivity index (χ0n) is 25.8.